The highest BCUT2D eigenvalue weighted by atomic mass is 16.6. The third-order valence-electron chi connectivity index (χ3n) is 16.8. The van der Waals surface area contributed by atoms with Crippen LogP contribution in [0.25, 0.3) is 36.5 Å². The van der Waals surface area contributed by atoms with Crippen molar-refractivity contribution in [3.63, 3.8) is 0 Å². The molecule has 6 aromatic rings. The van der Waals surface area contributed by atoms with Crippen molar-refractivity contribution in [3.8, 4) is 69.0 Å². The molecule has 0 heterocycles. The van der Waals surface area contributed by atoms with E-state index in [1.165, 1.54) is 127 Å². The molecule has 21 N–H and O–H groups in total. The number of esters is 6. The van der Waals surface area contributed by atoms with Gasteiger partial charge in [-0.15, -0.1) is 0 Å². The van der Waals surface area contributed by atoms with E-state index in [9.17, 15) is 150 Å². The molecule has 3 aliphatic rings. The Balaban J connectivity index is 0.000000356. The maximum absolute atomic E-state index is 12.4. The molecule has 0 saturated heterocycles. The van der Waals surface area contributed by atoms with Gasteiger partial charge in [-0.3, -0.25) is 0 Å². The first-order valence-corrected chi connectivity index (χ1v) is 32.5. The molecule has 0 aromatic heterocycles. The van der Waals surface area contributed by atoms with E-state index < -0.39 is 198 Å². The van der Waals surface area contributed by atoms with E-state index in [4.69, 9.17) is 28.4 Å². The Kier molecular flexibility index (Phi) is 32.8. The number of phenolic OH excluding ortho intramolecular Hbond substituents is 12. The van der Waals surface area contributed by atoms with Crippen molar-refractivity contribution in [1.29, 1.82) is 0 Å². The van der Waals surface area contributed by atoms with Gasteiger partial charge in [-0.05, 0) is 143 Å². The molecule has 6 aromatic carbocycles. The van der Waals surface area contributed by atoms with E-state index in [0.717, 1.165) is 54.7 Å². The topological polar surface area (TPSA) is 634 Å². The number of hydrogen-bond acceptors (Lipinski definition) is 33. The van der Waals surface area contributed by atoms with Gasteiger partial charge in [0, 0.05) is 75.0 Å². The van der Waals surface area contributed by atoms with Gasteiger partial charge < -0.3 is 136 Å². The number of rotatable bonds is 21. The highest BCUT2D eigenvalue weighted by molar-refractivity contribution is 5.93. The molecule has 36 nitrogen and oxygen atoms in total. The largest absolute Gasteiger partial charge is 0.504 e. The summed E-state index contributed by atoms with van der Waals surface area (Å²) in [6.45, 7) is 0. The van der Waals surface area contributed by atoms with Gasteiger partial charge in [0.25, 0.3) is 0 Å². The van der Waals surface area contributed by atoms with Crippen LogP contribution in [0.5, 0.6) is 69.0 Å². The number of carboxylic acid groups (broad SMARTS) is 3. The number of ether oxygens (including phenoxy) is 6. The zero-order valence-corrected chi connectivity index (χ0v) is 57.3. The van der Waals surface area contributed by atoms with Gasteiger partial charge in [0.05, 0.1) is 24.4 Å². The summed E-state index contributed by atoms with van der Waals surface area (Å²) in [6.07, 6.45) is -6.02. The van der Waals surface area contributed by atoms with Gasteiger partial charge in [0.1, 0.15) is 18.3 Å². The minimum absolute atomic E-state index is 0. The lowest BCUT2D eigenvalue weighted by molar-refractivity contribution is -0.207. The number of benzene rings is 6. The fourth-order valence-corrected chi connectivity index (χ4v) is 11.1. The summed E-state index contributed by atoms with van der Waals surface area (Å²) < 4.78 is 30.8. The van der Waals surface area contributed by atoms with Crippen LogP contribution in [0.3, 0.4) is 0 Å². The normalized spacial score (nSPS) is 23.1. The molecule has 36 heteroatoms. The minimum Gasteiger partial charge on any atom is -0.504 e. The summed E-state index contributed by atoms with van der Waals surface area (Å²) in [5.41, 5.74) is -5.24. The highest BCUT2D eigenvalue weighted by Crippen LogP contribution is 2.39. The number of aliphatic carboxylic acids is 3. The number of hydrogen-bond donors (Lipinski definition) is 21. The summed E-state index contributed by atoms with van der Waals surface area (Å²) in [6, 6.07) is 22.4. The van der Waals surface area contributed by atoms with Crippen molar-refractivity contribution in [3.05, 3.63) is 179 Å². The van der Waals surface area contributed by atoms with Crippen LogP contribution in [0.15, 0.2) is 146 Å². The summed E-state index contributed by atoms with van der Waals surface area (Å²) in [4.78, 5) is 109. The predicted molar refractivity (Wildman–Crippen MR) is 396 cm³/mol. The third kappa shape index (κ3) is 25.2. The third-order valence-corrected chi connectivity index (χ3v) is 16.8. The van der Waals surface area contributed by atoms with Crippen LogP contribution in [-0.4, -0.2) is 233 Å². The number of carbonyl (C=O) groups is 9. The zero-order chi connectivity index (χ0) is 82.0. The Bertz CT molecular complexity index is 4660. The standard InChI is InChI=1S/3C25H24O12.3CH4/c26-15-5-1-13(9-17(15)28)3-7-21(31)36-20-12-25(35,24(33)34)11-19(30)23(20)37-22(32)8-4-14-2-6-16(27)18(29)10-14;26-15-5-1-13(9-17(15)28)3-7-21(31)36-20-12-25(24(34)35,11-19(30)23(20)33)37-22(32)8-4-14-2-6-16(27)18(29)10-14;26-15-5-1-13(9-17(15)28)3-7-21(32)36-23-19(30)11-25(24(34)35,12-20(23)31)37-22(33)8-4-14-2-6-16(27)18(29)10-14;;;/h1-10,19-20,23,26-30,35H,11-12H2,(H,33,34);1-10,19-20,23,26-30,33H,11-12H2,(H,34,35);1-10,19-20,23,26-31H,11-12H2,(H,34,35);3*1H4/b3*7-3+,8-4+;;;/t19-,20-,23-,25+;19-,20-,23+,25-;19-,20-,23?,25?;;;/m111.../s1. The van der Waals surface area contributed by atoms with Crippen molar-refractivity contribution >= 4 is 90.2 Å². The molecule has 0 unspecified atom stereocenters. The summed E-state index contributed by atoms with van der Waals surface area (Å²) in [5.74, 6) is -16.0. The number of aromatic hydroxyl groups is 12. The van der Waals surface area contributed by atoms with Crippen molar-refractivity contribution in [2.45, 2.75) is 133 Å². The molecule has 3 saturated carbocycles. The molecule has 3 fully saturated rings. The van der Waals surface area contributed by atoms with Crippen LogP contribution in [0, 0.1) is 0 Å². The summed E-state index contributed by atoms with van der Waals surface area (Å²) >= 11 is 0. The minimum atomic E-state index is -2.46. The molecule has 0 bridgehead atoms. The van der Waals surface area contributed by atoms with Crippen molar-refractivity contribution in [2.24, 2.45) is 0 Å². The molecule has 9 rings (SSSR count). The average molecular weight is 1600 g/mol. The quantitative estimate of drug-likeness (QED) is 0.0195. The molecule has 3 aliphatic carbocycles. The lowest BCUT2D eigenvalue weighted by Gasteiger charge is -2.41. The molecule has 0 amide bonds. The fraction of sp³-hybridized carbons (Fsp3) is 0.269. The number of carbonyl (C=O) groups excluding carboxylic acids is 6. The van der Waals surface area contributed by atoms with E-state index in [2.05, 4.69) is 0 Å². The van der Waals surface area contributed by atoms with Crippen LogP contribution in [0.4, 0.5) is 0 Å². The molecular formula is C78H84O36. The van der Waals surface area contributed by atoms with Crippen LogP contribution in [0.1, 0.15) is 94.2 Å². The first-order valence-electron chi connectivity index (χ1n) is 32.5. The van der Waals surface area contributed by atoms with Crippen molar-refractivity contribution < 1.29 is 179 Å². The summed E-state index contributed by atoms with van der Waals surface area (Å²) in [7, 11) is 0. The van der Waals surface area contributed by atoms with Crippen LogP contribution in [-0.2, 0) is 71.6 Å². The lowest BCUT2D eigenvalue weighted by atomic mass is 9.79. The van der Waals surface area contributed by atoms with Crippen molar-refractivity contribution in [1.82, 2.24) is 0 Å². The SMILES string of the molecule is C.C.C.O=C(/C=C/c1ccc(O)c(O)c1)OC1[C@H](O)CC(OC(=O)/C=C/c2ccc(O)c(O)c2)(C(=O)O)C[C@H]1O.O=C(/C=C/c1ccc(O)c(O)c1)O[C@@H]1C[C@@](OC(=O)/C=C/c2ccc(O)c(O)c2)(C(=O)O)C[C@@H](O)[C@@H]1O.O=C(/C=C/c1ccc(O)c(O)c1)O[C@@H]1[C@H](O)C[C@@](O)(C(=O)O)C[C@H]1OC(=O)/C=C/c1ccc(O)c(O)c1. The number of aliphatic hydroxyl groups excluding tert-OH is 5. The second kappa shape index (κ2) is 40.3. The lowest BCUT2D eigenvalue weighted by Crippen LogP contribution is -2.58. The maximum atomic E-state index is 12.4. The molecule has 0 aliphatic heterocycles. The second-order valence-electron chi connectivity index (χ2n) is 25.0. The van der Waals surface area contributed by atoms with E-state index >= 15 is 0 Å². The van der Waals surface area contributed by atoms with E-state index in [0.29, 0.717) is 27.8 Å². The van der Waals surface area contributed by atoms with Gasteiger partial charge in [-0.1, -0.05) is 58.7 Å². The van der Waals surface area contributed by atoms with Gasteiger partial charge in [-0.25, -0.2) is 43.2 Å². The van der Waals surface area contributed by atoms with Gasteiger partial charge in [-0.2, -0.15) is 0 Å². The first kappa shape index (κ1) is 92.7. The second-order valence-corrected chi connectivity index (χ2v) is 25.0. The zero-order valence-electron chi connectivity index (χ0n) is 57.3. The molecule has 0 spiro atoms. The highest BCUT2D eigenvalue weighted by Gasteiger charge is 2.56. The molecular weight excluding hydrogens is 1510 g/mol. The molecule has 612 valence electrons. The Hall–Kier alpha value is -13.7. The summed E-state index contributed by atoms with van der Waals surface area (Å²) in [5, 5.41) is 204. The first-order chi connectivity index (χ1) is 52.2. The average Bonchev–Trinajstić information content (AvgIpc) is 0.788. The van der Waals surface area contributed by atoms with Gasteiger partial charge in [0.15, 0.2) is 86.8 Å². The monoisotopic (exact) mass is 1600 g/mol. The fourth-order valence-electron chi connectivity index (χ4n) is 11.1. The van der Waals surface area contributed by atoms with Crippen LogP contribution in [0.2, 0.25) is 0 Å². The Labute approximate surface area is 647 Å². The van der Waals surface area contributed by atoms with E-state index in [1.54, 1.807) is 0 Å². The number of aliphatic hydroxyl groups is 6. The Morgan fingerprint density at radius 1 is 0.289 bits per heavy atom. The Morgan fingerprint density at radius 2 is 0.535 bits per heavy atom. The van der Waals surface area contributed by atoms with E-state index in [-0.39, 0.29) is 62.3 Å². The van der Waals surface area contributed by atoms with Crippen molar-refractivity contribution in [2.75, 3.05) is 0 Å². The van der Waals surface area contributed by atoms with E-state index in [1.807, 2.05) is 0 Å². The Morgan fingerprint density at radius 3 is 0.816 bits per heavy atom. The van der Waals surface area contributed by atoms with Gasteiger partial charge in [0.2, 0.25) is 11.2 Å². The smallest absolute Gasteiger partial charge is 0.348 e. The molecule has 10 atom stereocenters. The van der Waals surface area contributed by atoms with Crippen LogP contribution >= 0.6 is 0 Å². The molecule has 114 heavy (non-hydrogen) atoms. The number of carboxylic acids is 3. The maximum Gasteiger partial charge on any atom is 0.348 e. The van der Waals surface area contributed by atoms with Crippen LogP contribution < -0.4 is 0 Å². The van der Waals surface area contributed by atoms with Gasteiger partial charge >= 0.3 is 53.7 Å². The molecule has 0 radical (unpaired) electrons. The predicted octanol–water partition coefficient (Wildman–Crippen LogP) is 5.00. The number of phenols is 12.